The van der Waals surface area contributed by atoms with E-state index in [2.05, 4.69) is 9.95 Å². The second-order valence-corrected chi connectivity index (χ2v) is 5.93. The fraction of sp³-hybridized carbons (Fsp3) is 0.467. The molecular formula is C15H14ClF2N3O. The standard InChI is InChI=1S/C15H14ClF2N3O/c1-8-9(4-5-10(19-2)12(8)16)13-14(22-3)11-6-15(17,18)7-21(11)20-13/h4-5,11,14H,6-7H2,1,3H3/t11-,14-/m0/s1. The summed E-state index contributed by atoms with van der Waals surface area (Å²) in [6.07, 6.45) is -0.798. The highest BCUT2D eigenvalue weighted by atomic mass is 35.5. The van der Waals surface area contributed by atoms with Gasteiger partial charge >= 0.3 is 0 Å². The Labute approximate surface area is 132 Å². The summed E-state index contributed by atoms with van der Waals surface area (Å²) in [7, 11) is 1.49. The summed E-state index contributed by atoms with van der Waals surface area (Å²) in [6, 6.07) is 2.90. The number of fused-ring (bicyclic) bond motifs is 1. The number of nitrogens with zero attached hydrogens (tertiary/aromatic N) is 3. The van der Waals surface area contributed by atoms with Crippen molar-refractivity contribution in [3.05, 3.63) is 39.7 Å². The van der Waals surface area contributed by atoms with Crippen LogP contribution in [0.5, 0.6) is 0 Å². The number of benzene rings is 1. The van der Waals surface area contributed by atoms with Crippen LogP contribution in [-0.4, -0.2) is 42.4 Å². The van der Waals surface area contributed by atoms with Crippen LogP contribution in [0.1, 0.15) is 17.5 Å². The average molecular weight is 326 g/mol. The van der Waals surface area contributed by atoms with Crippen LogP contribution in [0.4, 0.5) is 14.5 Å². The minimum Gasteiger partial charge on any atom is -0.373 e. The van der Waals surface area contributed by atoms with Gasteiger partial charge in [-0.1, -0.05) is 23.7 Å². The van der Waals surface area contributed by atoms with E-state index in [1.165, 1.54) is 12.1 Å². The molecule has 0 N–H and O–H groups in total. The average Bonchev–Trinajstić information content (AvgIpc) is 2.93. The molecule has 0 spiro atoms. The van der Waals surface area contributed by atoms with E-state index < -0.39 is 24.6 Å². The van der Waals surface area contributed by atoms with Crippen LogP contribution in [0, 0.1) is 13.5 Å². The summed E-state index contributed by atoms with van der Waals surface area (Å²) in [4.78, 5) is 3.35. The lowest BCUT2D eigenvalue weighted by molar-refractivity contribution is 0.0103. The minimum absolute atomic E-state index is 0.272. The topological polar surface area (TPSA) is 29.2 Å². The quantitative estimate of drug-likeness (QED) is 0.777. The van der Waals surface area contributed by atoms with E-state index in [4.69, 9.17) is 22.9 Å². The van der Waals surface area contributed by atoms with E-state index in [9.17, 15) is 8.78 Å². The molecule has 0 amide bonds. The van der Waals surface area contributed by atoms with Gasteiger partial charge in [0.25, 0.3) is 5.92 Å². The molecule has 2 heterocycles. The Kier molecular flexibility index (Phi) is 3.58. The van der Waals surface area contributed by atoms with Crippen LogP contribution in [-0.2, 0) is 4.74 Å². The maximum atomic E-state index is 13.5. The summed E-state index contributed by atoms with van der Waals surface area (Å²) >= 11 is 6.19. The maximum Gasteiger partial charge on any atom is 0.269 e. The second kappa shape index (κ2) is 5.18. The van der Waals surface area contributed by atoms with Gasteiger partial charge in [0.2, 0.25) is 5.69 Å². The van der Waals surface area contributed by atoms with Crippen LogP contribution in [0.25, 0.3) is 4.85 Å². The van der Waals surface area contributed by atoms with Gasteiger partial charge < -0.3 is 4.74 Å². The zero-order chi connectivity index (χ0) is 16.1. The highest BCUT2D eigenvalue weighted by Gasteiger charge is 2.52. The minimum atomic E-state index is -2.74. The van der Waals surface area contributed by atoms with Crippen LogP contribution in [0.2, 0.25) is 5.02 Å². The SMILES string of the molecule is [C-]#[N+]c1ccc(C2=NN3CC(F)(F)C[C@H]3[C@@H]2OC)c(C)c1Cl. The molecule has 7 heteroatoms. The molecule has 116 valence electrons. The first-order valence-corrected chi connectivity index (χ1v) is 7.18. The van der Waals surface area contributed by atoms with Gasteiger partial charge in [-0.25, -0.2) is 13.6 Å². The van der Waals surface area contributed by atoms with E-state index in [1.54, 1.807) is 19.1 Å². The Bertz CT molecular complexity index is 699. The first kappa shape index (κ1) is 15.2. The molecule has 0 radical (unpaired) electrons. The van der Waals surface area contributed by atoms with Gasteiger partial charge in [-0.05, 0) is 12.5 Å². The van der Waals surface area contributed by atoms with Crippen molar-refractivity contribution in [3.63, 3.8) is 0 Å². The van der Waals surface area contributed by atoms with Crippen molar-refractivity contribution in [1.29, 1.82) is 0 Å². The third kappa shape index (κ3) is 2.25. The zero-order valence-corrected chi connectivity index (χ0v) is 12.9. The van der Waals surface area contributed by atoms with Gasteiger partial charge in [0, 0.05) is 19.1 Å². The fourth-order valence-corrected chi connectivity index (χ4v) is 3.30. The third-order valence-corrected chi connectivity index (χ3v) is 4.63. The van der Waals surface area contributed by atoms with Gasteiger partial charge in [0.05, 0.1) is 23.3 Å². The smallest absolute Gasteiger partial charge is 0.269 e. The van der Waals surface area contributed by atoms with Crippen LogP contribution >= 0.6 is 11.6 Å². The molecule has 2 aliphatic heterocycles. The number of methoxy groups -OCH3 is 1. The van der Waals surface area contributed by atoms with Crippen LogP contribution < -0.4 is 0 Å². The van der Waals surface area contributed by atoms with E-state index in [-0.39, 0.29) is 6.42 Å². The van der Waals surface area contributed by atoms with E-state index in [1.807, 2.05) is 0 Å². The monoisotopic (exact) mass is 325 g/mol. The number of ether oxygens (including phenoxy) is 1. The molecular weight excluding hydrogens is 312 g/mol. The summed E-state index contributed by atoms with van der Waals surface area (Å²) < 4.78 is 32.5. The Morgan fingerprint density at radius 2 is 2.23 bits per heavy atom. The summed E-state index contributed by atoms with van der Waals surface area (Å²) in [6.45, 7) is 8.47. The highest BCUT2D eigenvalue weighted by molar-refractivity contribution is 6.34. The van der Waals surface area contributed by atoms with Gasteiger partial charge in [-0.3, -0.25) is 5.01 Å². The molecule has 0 bridgehead atoms. The molecule has 22 heavy (non-hydrogen) atoms. The van der Waals surface area contributed by atoms with Gasteiger partial charge in [-0.15, -0.1) is 0 Å². The number of hydrogen-bond acceptors (Lipinski definition) is 3. The molecule has 0 aromatic heterocycles. The Morgan fingerprint density at radius 1 is 1.50 bits per heavy atom. The predicted octanol–water partition coefficient (Wildman–Crippen LogP) is 3.64. The van der Waals surface area contributed by atoms with Crippen molar-refractivity contribution in [2.24, 2.45) is 5.10 Å². The lowest BCUT2D eigenvalue weighted by atomic mass is 9.95. The number of rotatable bonds is 2. The highest BCUT2D eigenvalue weighted by Crippen LogP contribution is 2.40. The first-order valence-electron chi connectivity index (χ1n) is 6.80. The largest absolute Gasteiger partial charge is 0.373 e. The molecule has 1 saturated heterocycles. The van der Waals surface area contributed by atoms with Crippen molar-refractivity contribution < 1.29 is 13.5 Å². The molecule has 1 aromatic carbocycles. The van der Waals surface area contributed by atoms with E-state index in [0.29, 0.717) is 22.0 Å². The van der Waals surface area contributed by atoms with Crippen molar-refractivity contribution in [2.75, 3.05) is 13.7 Å². The van der Waals surface area contributed by atoms with Crippen LogP contribution in [0.15, 0.2) is 17.2 Å². The Hall–Kier alpha value is -1.71. The zero-order valence-electron chi connectivity index (χ0n) is 12.1. The third-order valence-electron chi connectivity index (χ3n) is 4.16. The summed E-state index contributed by atoms with van der Waals surface area (Å²) in [5, 5.41) is 6.10. The van der Waals surface area contributed by atoms with E-state index in [0.717, 1.165) is 5.56 Å². The molecule has 3 rings (SSSR count). The molecule has 1 fully saturated rings. The molecule has 1 aromatic rings. The van der Waals surface area contributed by atoms with E-state index >= 15 is 0 Å². The lowest BCUT2D eigenvalue weighted by Crippen LogP contribution is -2.35. The van der Waals surface area contributed by atoms with Crippen molar-refractivity contribution in [2.45, 2.75) is 31.4 Å². The summed E-state index contributed by atoms with van der Waals surface area (Å²) in [5.74, 6) is -2.74. The van der Waals surface area contributed by atoms with Gasteiger partial charge in [-0.2, -0.15) is 5.10 Å². The second-order valence-electron chi connectivity index (χ2n) is 5.55. The van der Waals surface area contributed by atoms with Crippen LogP contribution in [0.3, 0.4) is 0 Å². The predicted molar refractivity (Wildman–Crippen MR) is 79.8 cm³/mol. The molecule has 0 unspecified atom stereocenters. The van der Waals surface area contributed by atoms with Crippen molar-refractivity contribution >= 4 is 23.0 Å². The normalized spacial score (nSPS) is 25.8. The Balaban J connectivity index is 2.03. The number of halogens is 3. The molecule has 4 nitrogen and oxygen atoms in total. The fourth-order valence-electron chi connectivity index (χ4n) is 3.09. The Morgan fingerprint density at radius 3 is 2.86 bits per heavy atom. The van der Waals surface area contributed by atoms with Gasteiger partial charge in [0.15, 0.2) is 0 Å². The molecule has 0 aliphatic carbocycles. The summed E-state index contributed by atoms with van der Waals surface area (Å²) in [5.41, 5.74) is 2.41. The number of hydrogen-bond donors (Lipinski definition) is 0. The maximum absolute atomic E-state index is 13.5. The molecule has 2 atom stereocenters. The molecule has 0 saturated carbocycles. The lowest BCUT2D eigenvalue weighted by Gasteiger charge is -2.20. The van der Waals surface area contributed by atoms with Crippen molar-refractivity contribution in [1.82, 2.24) is 5.01 Å². The van der Waals surface area contributed by atoms with Crippen molar-refractivity contribution in [3.8, 4) is 0 Å². The first-order chi connectivity index (χ1) is 10.4. The number of hydrazone groups is 1. The van der Waals surface area contributed by atoms with Gasteiger partial charge in [0.1, 0.15) is 12.6 Å². The molecule has 2 aliphatic rings. The number of alkyl halides is 2.